The van der Waals surface area contributed by atoms with Crippen LogP contribution in [0.5, 0.6) is 23.0 Å². The molecule has 2 aromatic carbocycles. The highest BCUT2D eigenvalue weighted by molar-refractivity contribution is 14.0. The van der Waals surface area contributed by atoms with E-state index in [1.165, 1.54) is 0 Å². The third-order valence-corrected chi connectivity index (χ3v) is 5.31. The molecule has 0 saturated carbocycles. The van der Waals surface area contributed by atoms with Crippen LogP contribution in [0.25, 0.3) is 0 Å². The van der Waals surface area contributed by atoms with Gasteiger partial charge in [-0.1, -0.05) is 12.1 Å². The molecule has 2 aromatic rings. The van der Waals surface area contributed by atoms with Gasteiger partial charge < -0.3 is 34.3 Å². The van der Waals surface area contributed by atoms with Crippen molar-refractivity contribution in [1.29, 1.82) is 0 Å². The normalized spacial score (nSPS) is 15.4. The summed E-state index contributed by atoms with van der Waals surface area (Å²) in [5, 5.41) is 6.69. The molecule has 8 nitrogen and oxygen atoms in total. The van der Waals surface area contributed by atoms with Crippen LogP contribution in [0.2, 0.25) is 0 Å². The molecular weight excluding hydrogens is 537 g/mol. The van der Waals surface area contributed by atoms with E-state index >= 15 is 0 Å². The van der Waals surface area contributed by atoms with E-state index in [2.05, 4.69) is 40.7 Å². The highest BCUT2D eigenvalue weighted by Crippen LogP contribution is 2.34. The summed E-state index contributed by atoms with van der Waals surface area (Å²) in [6.45, 7) is 4.52. The Kier molecular flexibility index (Phi) is 10.9. The van der Waals surface area contributed by atoms with E-state index in [1.54, 1.807) is 28.4 Å². The molecule has 9 heteroatoms. The Labute approximate surface area is 213 Å². The lowest BCUT2D eigenvalue weighted by molar-refractivity contribution is 0.140. The van der Waals surface area contributed by atoms with Gasteiger partial charge in [-0.15, -0.1) is 24.0 Å². The Bertz CT molecular complexity index is 933. The van der Waals surface area contributed by atoms with Gasteiger partial charge in [0, 0.05) is 43.8 Å². The minimum atomic E-state index is 0. The van der Waals surface area contributed by atoms with E-state index < -0.39 is 0 Å². The van der Waals surface area contributed by atoms with E-state index in [-0.39, 0.29) is 30.1 Å². The number of hydrogen-bond donors (Lipinski definition) is 2. The largest absolute Gasteiger partial charge is 0.496 e. The van der Waals surface area contributed by atoms with Crippen LogP contribution < -0.4 is 29.6 Å². The lowest BCUT2D eigenvalue weighted by Gasteiger charge is -2.18. The standard InChI is InChI=1S/C24H33N3O5.HI/c1-16-6-7-17(21(10-16)32-19-8-9-31-15-19)13-26-24(25-2)27-14-18-11-22(29-4)23(30-5)12-20(18)28-3;/h6-7,10-12,19H,8-9,13-15H2,1-5H3,(H2,25,26,27);1H. The van der Waals surface area contributed by atoms with Crippen molar-refractivity contribution in [2.24, 2.45) is 4.99 Å². The monoisotopic (exact) mass is 571 g/mol. The fourth-order valence-corrected chi connectivity index (χ4v) is 3.51. The summed E-state index contributed by atoms with van der Waals surface area (Å²) in [4.78, 5) is 4.34. The number of hydrogen-bond acceptors (Lipinski definition) is 6. The number of aryl methyl sites for hydroxylation is 1. The molecule has 1 fully saturated rings. The van der Waals surface area contributed by atoms with Crippen molar-refractivity contribution < 1.29 is 23.7 Å². The molecule has 1 unspecified atom stereocenters. The predicted molar refractivity (Wildman–Crippen MR) is 140 cm³/mol. The molecule has 3 rings (SSSR count). The van der Waals surface area contributed by atoms with Gasteiger partial charge in [0.15, 0.2) is 17.5 Å². The molecule has 0 bridgehead atoms. The number of rotatable bonds is 9. The van der Waals surface area contributed by atoms with Gasteiger partial charge in [0.2, 0.25) is 0 Å². The van der Waals surface area contributed by atoms with Crippen LogP contribution in [0.4, 0.5) is 0 Å². The van der Waals surface area contributed by atoms with Crippen LogP contribution in [-0.2, 0) is 17.8 Å². The summed E-state index contributed by atoms with van der Waals surface area (Å²) in [7, 11) is 6.58. The SMILES string of the molecule is CN=C(NCc1cc(OC)c(OC)cc1OC)NCc1ccc(C)cc1OC1CCOC1.I. The summed E-state index contributed by atoms with van der Waals surface area (Å²) in [6, 6.07) is 9.94. The van der Waals surface area contributed by atoms with Crippen LogP contribution in [0.3, 0.4) is 0 Å². The smallest absolute Gasteiger partial charge is 0.191 e. The highest BCUT2D eigenvalue weighted by atomic mass is 127. The fraction of sp³-hybridized carbons (Fsp3) is 0.458. The van der Waals surface area contributed by atoms with Gasteiger partial charge in [-0.2, -0.15) is 0 Å². The molecule has 0 aromatic heterocycles. The zero-order valence-electron chi connectivity index (χ0n) is 19.9. The quantitative estimate of drug-likeness (QED) is 0.270. The molecule has 0 spiro atoms. The second-order valence-corrected chi connectivity index (χ2v) is 7.51. The van der Waals surface area contributed by atoms with Crippen LogP contribution in [0.15, 0.2) is 35.3 Å². The summed E-state index contributed by atoms with van der Waals surface area (Å²) in [5.74, 6) is 3.52. The zero-order valence-corrected chi connectivity index (χ0v) is 22.2. The predicted octanol–water partition coefficient (Wildman–Crippen LogP) is 3.67. The second-order valence-electron chi connectivity index (χ2n) is 7.51. The van der Waals surface area contributed by atoms with Crippen molar-refractivity contribution >= 4 is 29.9 Å². The molecule has 1 aliphatic heterocycles. The van der Waals surface area contributed by atoms with E-state index in [1.807, 2.05) is 12.1 Å². The van der Waals surface area contributed by atoms with Gasteiger partial charge in [-0.25, -0.2) is 0 Å². The Hall–Kier alpha value is -2.40. The fourth-order valence-electron chi connectivity index (χ4n) is 3.51. The summed E-state index contributed by atoms with van der Waals surface area (Å²) >= 11 is 0. The van der Waals surface area contributed by atoms with Gasteiger partial charge >= 0.3 is 0 Å². The number of methoxy groups -OCH3 is 3. The average molecular weight is 571 g/mol. The van der Waals surface area contributed by atoms with Crippen molar-refractivity contribution in [3.8, 4) is 23.0 Å². The average Bonchev–Trinajstić information content (AvgIpc) is 3.32. The first-order chi connectivity index (χ1) is 15.6. The minimum Gasteiger partial charge on any atom is -0.496 e. The Morgan fingerprint density at radius 1 is 0.939 bits per heavy atom. The van der Waals surface area contributed by atoms with Crippen molar-refractivity contribution in [3.63, 3.8) is 0 Å². The van der Waals surface area contributed by atoms with Crippen molar-refractivity contribution in [2.45, 2.75) is 32.5 Å². The van der Waals surface area contributed by atoms with Crippen molar-refractivity contribution in [3.05, 3.63) is 47.0 Å². The van der Waals surface area contributed by atoms with Gasteiger partial charge in [0.05, 0.1) is 34.5 Å². The van der Waals surface area contributed by atoms with Gasteiger partial charge in [0.1, 0.15) is 17.6 Å². The minimum absolute atomic E-state index is 0. The van der Waals surface area contributed by atoms with Crippen LogP contribution in [0, 0.1) is 6.92 Å². The zero-order chi connectivity index (χ0) is 22.9. The lowest BCUT2D eigenvalue weighted by atomic mass is 10.1. The van der Waals surface area contributed by atoms with Crippen molar-refractivity contribution in [2.75, 3.05) is 41.6 Å². The van der Waals surface area contributed by atoms with Crippen LogP contribution >= 0.6 is 24.0 Å². The number of benzene rings is 2. The molecular formula is C24H34IN3O5. The Morgan fingerprint density at radius 2 is 1.61 bits per heavy atom. The number of guanidine groups is 1. The summed E-state index contributed by atoms with van der Waals surface area (Å²) < 4.78 is 27.9. The number of ether oxygens (including phenoxy) is 5. The number of nitrogens with one attached hydrogen (secondary N) is 2. The second kappa shape index (κ2) is 13.3. The molecule has 1 saturated heterocycles. The van der Waals surface area contributed by atoms with Gasteiger partial charge in [0.25, 0.3) is 0 Å². The number of aliphatic imine (C=N–C) groups is 1. The Balaban J connectivity index is 0.00000385. The molecule has 0 amide bonds. The highest BCUT2D eigenvalue weighted by Gasteiger charge is 2.19. The molecule has 0 radical (unpaired) electrons. The number of nitrogens with zero attached hydrogens (tertiary/aromatic N) is 1. The Morgan fingerprint density at radius 3 is 2.21 bits per heavy atom. The van der Waals surface area contributed by atoms with E-state index in [0.717, 1.165) is 35.5 Å². The third-order valence-electron chi connectivity index (χ3n) is 5.31. The molecule has 0 aliphatic carbocycles. The molecule has 1 heterocycles. The van der Waals surface area contributed by atoms with Crippen LogP contribution in [-0.4, -0.2) is 53.7 Å². The van der Waals surface area contributed by atoms with Crippen molar-refractivity contribution in [1.82, 2.24) is 10.6 Å². The maximum absolute atomic E-state index is 6.19. The third kappa shape index (κ3) is 7.29. The first kappa shape index (κ1) is 26.8. The van der Waals surface area contributed by atoms with Gasteiger partial charge in [-0.05, 0) is 24.6 Å². The van der Waals surface area contributed by atoms with Crippen LogP contribution in [0.1, 0.15) is 23.1 Å². The summed E-state index contributed by atoms with van der Waals surface area (Å²) in [5.41, 5.74) is 3.15. The van der Waals surface area contributed by atoms with E-state index in [4.69, 9.17) is 23.7 Å². The number of halogens is 1. The molecule has 1 aliphatic rings. The van der Waals surface area contributed by atoms with Gasteiger partial charge in [-0.3, -0.25) is 4.99 Å². The first-order valence-corrected chi connectivity index (χ1v) is 10.6. The van der Waals surface area contributed by atoms with E-state index in [9.17, 15) is 0 Å². The summed E-state index contributed by atoms with van der Waals surface area (Å²) in [6.07, 6.45) is 1.02. The maximum atomic E-state index is 6.19. The maximum Gasteiger partial charge on any atom is 0.191 e. The lowest BCUT2D eigenvalue weighted by Crippen LogP contribution is -2.36. The molecule has 2 N–H and O–H groups in total. The van der Waals surface area contributed by atoms with E-state index in [0.29, 0.717) is 42.9 Å². The molecule has 33 heavy (non-hydrogen) atoms. The first-order valence-electron chi connectivity index (χ1n) is 10.6. The molecule has 1 atom stereocenters. The topological polar surface area (TPSA) is 82.6 Å². The molecule has 182 valence electrons.